The van der Waals surface area contributed by atoms with Crippen LogP contribution in [0.15, 0.2) is 16.6 Å². The van der Waals surface area contributed by atoms with E-state index in [9.17, 15) is 4.79 Å². The third-order valence-corrected chi connectivity index (χ3v) is 4.29. The SMILES string of the molecule is COc1ccc(Br)c(CNCCCNCCO)c1OCC(=O)NC(C)(C)C. The highest BCUT2D eigenvalue weighted by Gasteiger charge is 2.18. The van der Waals surface area contributed by atoms with Crippen LogP contribution in [-0.4, -0.2) is 56.5 Å². The molecule has 1 rings (SSSR count). The van der Waals surface area contributed by atoms with Crippen molar-refractivity contribution in [3.8, 4) is 11.5 Å². The lowest BCUT2D eigenvalue weighted by atomic mass is 10.1. The summed E-state index contributed by atoms with van der Waals surface area (Å²) in [6.45, 7) is 8.68. The number of methoxy groups -OCH3 is 1. The van der Waals surface area contributed by atoms with Crippen LogP contribution in [0.5, 0.6) is 11.5 Å². The fourth-order valence-corrected chi connectivity index (χ4v) is 2.87. The van der Waals surface area contributed by atoms with Gasteiger partial charge >= 0.3 is 0 Å². The van der Waals surface area contributed by atoms with Crippen LogP contribution in [0.4, 0.5) is 0 Å². The van der Waals surface area contributed by atoms with E-state index in [2.05, 4.69) is 31.9 Å². The molecule has 4 N–H and O–H groups in total. The van der Waals surface area contributed by atoms with E-state index < -0.39 is 0 Å². The topological polar surface area (TPSA) is 91.8 Å². The van der Waals surface area contributed by atoms with Crippen molar-refractivity contribution in [2.45, 2.75) is 39.3 Å². The number of ether oxygens (including phenoxy) is 2. The molecule has 0 spiro atoms. The molecule has 0 aliphatic heterocycles. The Labute approximate surface area is 170 Å². The predicted octanol–water partition coefficient (Wildman–Crippen LogP) is 1.81. The summed E-state index contributed by atoms with van der Waals surface area (Å²) in [6.07, 6.45) is 0.936. The summed E-state index contributed by atoms with van der Waals surface area (Å²) >= 11 is 3.55. The zero-order valence-corrected chi connectivity index (χ0v) is 18.2. The number of carbonyl (C=O) groups is 1. The summed E-state index contributed by atoms with van der Waals surface area (Å²) in [5.74, 6) is 0.961. The second kappa shape index (κ2) is 12.2. The highest BCUT2D eigenvalue weighted by Crippen LogP contribution is 2.36. The number of hydrogen-bond donors (Lipinski definition) is 4. The monoisotopic (exact) mass is 445 g/mol. The maximum Gasteiger partial charge on any atom is 0.258 e. The standard InChI is InChI=1S/C19H32BrN3O4/c1-19(2,3)23-17(25)13-27-18-14(15(20)6-7-16(18)26-4)12-22-9-5-8-21-10-11-24/h6-7,21-22,24H,5,8-13H2,1-4H3,(H,23,25). The Morgan fingerprint density at radius 1 is 1.19 bits per heavy atom. The number of halogens is 1. The first kappa shape index (κ1) is 23.7. The van der Waals surface area contributed by atoms with Crippen LogP contribution in [0.2, 0.25) is 0 Å². The molecule has 0 heterocycles. The summed E-state index contributed by atoms with van der Waals surface area (Å²) in [4.78, 5) is 12.1. The maximum atomic E-state index is 12.1. The first-order chi connectivity index (χ1) is 12.8. The van der Waals surface area contributed by atoms with Crippen LogP contribution in [0.3, 0.4) is 0 Å². The first-order valence-electron chi connectivity index (χ1n) is 9.10. The molecule has 0 unspecified atom stereocenters. The molecule has 0 saturated carbocycles. The molecular weight excluding hydrogens is 414 g/mol. The minimum absolute atomic E-state index is 0.0812. The van der Waals surface area contributed by atoms with Gasteiger partial charge in [-0.25, -0.2) is 0 Å². The lowest BCUT2D eigenvalue weighted by molar-refractivity contribution is -0.124. The number of amides is 1. The van der Waals surface area contributed by atoms with Gasteiger partial charge in [0.2, 0.25) is 0 Å². The lowest BCUT2D eigenvalue weighted by Gasteiger charge is -2.21. The van der Waals surface area contributed by atoms with Gasteiger partial charge in [-0.3, -0.25) is 4.79 Å². The summed E-state index contributed by atoms with van der Waals surface area (Å²) in [5, 5.41) is 18.1. The average Bonchev–Trinajstić information content (AvgIpc) is 2.59. The summed E-state index contributed by atoms with van der Waals surface area (Å²) in [5.41, 5.74) is 0.595. The highest BCUT2D eigenvalue weighted by molar-refractivity contribution is 9.10. The second-order valence-electron chi connectivity index (χ2n) is 7.15. The molecular formula is C19H32BrN3O4. The quantitative estimate of drug-likeness (QED) is 0.366. The molecule has 0 aliphatic rings. The van der Waals surface area contributed by atoms with E-state index in [-0.39, 0.29) is 24.7 Å². The minimum atomic E-state index is -0.309. The number of aliphatic hydroxyl groups is 1. The Kier molecular flexibility index (Phi) is 10.7. The van der Waals surface area contributed by atoms with Crippen LogP contribution >= 0.6 is 15.9 Å². The van der Waals surface area contributed by atoms with Gasteiger partial charge in [0.15, 0.2) is 18.1 Å². The zero-order valence-electron chi connectivity index (χ0n) is 16.7. The molecule has 1 aromatic carbocycles. The van der Waals surface area contributed by atoms with Gasteiger partial charge in [0, 0.05) is 28.7 Å². The second-order valence-corrected chi connectivity index (χ2v) is 8.00. The van der Waals surface area contributed by atoms with Gasteiger partial charge in [0.05, 0.1) is 13.7 Å². The van der Waals surface area contributed by atoms with Gasteiger partial charge in [-0.2, -0.15) is 0 Å². The van der Waals surface area contributed by atoms with Gasteiger partial charge < -0.3 is 30.5 Å². The molecule has 7 nitrogen and oxygen atoms in total. The van der Waals surface area contributed by atoms with Crippen molar-refractivity contribution in [3.05, 3.63) is 22.2 Å². The molecule has 1 aromatic rings. The number of rotatable bonds is 12. The Balaban J connectivity index is 2.69. The number of benzene rings is 1. The molecule has 1 amide bonds. The summed E-state index contributed by atoms with van der Waals surface area (Å²) in [6, 6.07) is 3.71. The van der Waals surface area contributed by atoms with E-state index in [0.717, 1.165) is 29.5 Å². The Hall–Kier alpha value is -1.35. The number of nitrogens with one attached hydrogen (secondary N) is 3. The number of hydrogen-bond acceptors (Lipinski definition) is 6. The summed E-state index contributed by atoms with van der Waals surface area (Å²) < 4.78 is 12.1. The van der Waals surface area contributed by atoms with E-state index in [0.29, 0.717) is 24.6 Å². The van der Waals surface area contributed by atoms with Gasteiger partial charge in [-0.15, -0.1) is 0 Å². The third-order valence-electron chi connectivity index (χ3n) is 3.55. The van der Waals surface area contributed by atoms with Crippen LogP contribution < -0.4 is 25.4 Å². The molecule has 0 saturated heterocycles. The Morgan fingerprint density at radius 2 is 1.89 bits per heavy atom. The predicted molar refractivity (Wildman–Crippen MR) is 110 cm³/mol. The molecule has 8 heteroatoms. The number of aliphatic hydroxyl groups excluding tert-OH is 1. The largest absolute Gasteiger partial charge is 0.493 e. The Morgan fingerprint density at radius 3 is 2.52 bits per heavy atom. The normalized spacial score (nSPS) is 11.3. The minimum Gasteiger partial charge on any atom is -0.493 e. The van der Waals surface area contributed by atoms with E-state index >= 15 is 0 Å². The van der Waals surface area contributed by atoms with Crippen molar-refractivity contribution in [1.82, 2.24) is 16.0 Å². The molecule has 0 atom stereocenters. The van der Waals surface area contributed by atoms with Crippen molar-refractivity contribution < 1.29 is 19.4 Å². The fraction of sp³-hybridized carbons (Fsp3) is 0.632. The third kappa shape index (κ3) is 9.41. The molecule has 0 fully saturated rings. The average molecular weight is 446 g/mol. The smallest absolute Gasteiger partial charge is 0.258 e. The van der Waals surface area contributed by atoms with E-state index in [1.165, 1.54) is 0 Å². The van der Waals surface area contributed by atoms with Crippen LogP contribution in [0.25, 0.3) is 0 Å². The van der Waals surface area contributed by atoms with Gasteiger partial charge in [-0.05, 0) is 52.4 Å². The van der Waals surface area contributed by atoms with Crippen molar-refractivity contribution in [1.29, 1.82) is 0 Å². The van der Waals surface area contributed by atoms with E-state index in [4.69, 9.17) is 14.6 Å². The highest BCUT2D eigenvalue weighted by atomic mass is 79.9. The Bertz CT molecular complexity index is 591. The molecule has 0 aliphatic carbocycles. The molecule has 27 heavy (non-hydrogen) atoms. The van der Waals surface area contributed by atoms with Crippen molar-refractivity contribution in [3.63, 3.8) is 0 Å². The van der Waals surface area contributed by atoms with Gasteiger partial charge in [0.1, 0.15) is 0 Å². The van der Waals surface area contributed by atoms with Crippen molar-refractivity contribution >= 4 is 21.8 Å². The maximum absolute atomic E-state index is 12.1. The van der Waals surface area contributed by atoms with Crippen LogP contribution in [0, 0.1) is 0 Å². The van der Waals surface area contributed by atoms with Gasteiger partial charge in [-0.1, -0.05) is 15.9 Å². The van der Waals surface area contributed by atoms with E-state index in [1.807, 2.05) is 32.9 Å². The zero-order chi connectivity index (χ0) is 20.3. The van der Waals surface area contributed by atoms with Crippen molar-refractivity contribution in [2.24, 2.45) is 0 Å². The summed E-state index contributed by atoms with van der Waals surface area (Å²) in [7, 11) is 1.58. The van der Waals surface area contributed by atoms with Crippen LogP contribution in [0.1, 0.15) is 32.8 Å². The van der Waals surface area contributed by atoms with E-state index in [1.54, 1.807) is 7.11 Å². The fourth-order valence-electron chi connectivity index (χ4n) is 2.41. The van der Waals surface area contributed by atoms with Crippen molar-refractivity contribution in [2.75, 3.05) is 40.0 Å². The first-order valence-corrected chi connectivity index (χ1v) is 9.89. The molecule has 154 valence electrons. The molecule has 0 bridgehead atoms. The number of carbonyl (C=O) groups excluding carboxylic acids is 1. The lowest BCUT2D eigenvalue weighted by Crippen LogP contribution is -2.43. The van der Waals surface area contributed by atoms with Crippen LogP contribution in [-0.2, 0) is 11.3 Å². The molecule has 0 aromatic heterocycles. The molecule has 0 radical (unpaired) electrons. The van der Waals surface area contributed by atoms with Gasteiger partial charge in [0.25, 0.3) is 5.91 Å².